The molecule has 8 heteroatoms. The number of nitrogens with zero attached hydrogens (tertiary/aromatic N) is 4. The zero-order valence-electron chi connectivity index (χ0n) is 16.0. The number of rotatable bonds is 3. The summed E-state index contributed by atoms with van der Waals surface area (Å²) in [6.07, 6.45) is 10.3. The lowest BCUT2D eigenvalue weighted by Gasteiger charge is -2.29. The molecule has 2 aliphatic heterocycles. The summed E-state index contributed by atoms with van der Waals surface area (Å²) in [6, 6.07) is 5.26. The number of thiazole rings is 1. The molecule has 0 radical (unpaired) electrons. The van der Waals surface area contributed by atoms with Crippen LogP contribution in [0, 0.1) is 12.7 Å². The fourth-order valence-electron chi connectivity index (χ4n) is 4.72. The number of fused-ring (bicyclic) bond motifs is 4. The Kier molecular flexibility index (Phi) is 3.86. The van der Waals surface area contributed by atoms with Crippen molar-refractivity contribution in [2.24, 2.45) is 0 Å². The van der Waals surface area contributed by atoms with Crippen molar-refractivity contribution in [3.63, 3.8) is 0 Å². The normalized spacial score (nSPS) is 23.9. The van der Waals surface area contributed by atoms with Crippen molar-refractivity contribution >= 4 is 32.3 Å². The Hall–Kier alpha value is -2.58. The second-order valence-corrected chi connectivity index (χ2v) is 9.23. The van der Waals surface area contributed by atoms with Gasteiger partial charge in [0, 0.05) is 36.1 Å². The summed E-state index contributed by atoms with van der Waals surface area (Å²) in [6.45, 7) is 1.86. The first-order chi connectivity index (χ1) is 14.1. The van der Waals surface area contributed by atoms with E-state index in [0.29, 0.717) is 23.8 Å². The predicted molar refractivity (Wildman–Crippen MR) is 113 cm³/mol. The molecule has 2 fully saturated rings. The molecule has 0 saturated carbocycles. The Morgan fingerprint density at radius 1 is 1.17 bits per heavy atom. The van der Waals surface area contributed by atoms with Crippen molar-refractivity contribution in [2.75, 3.05) is 5.32 Å². The van der Waals surface area contributed by atoms with Crippen LogP contribution in [0.2, 0.25) is 0 Å². The first-order valence-corrected chi connectivity index (χ1v) is 10.9. The quantitative estimate of drug-likeness (QED) is 0.533. The van der Waals surface area contributed by atoms with Gasteiger partial charge in [0.1, 0.15) is 5.52 Å². The Balaban J connectivity index is 1.31. The average Bonchev–Trinajstić information content (AvgIpc) is 3.36. The molecule has 0 aromatic carbocycles. The number of aromatic nitrogens is 4. The number of aryl methyl sites for hydroxylation is 1. The summed E-state index contributed by atoms with van der Waals surface area (Å²) >= 11 is 1.64. The molecule has 4 aromatic rings. The second kappa shape index (κ2) is 6.47. The van der Waals surface area contributed by atoms with Crippen LogP contribution in [0.5, 0.6) is 0 Å². The highest BCUT2D eigenvalue weighted by Gasteiger charge is 2.33. The molecular formula is C21H21FN6S. The van der Waals surface area contributed by atoms with Crippen molar-refractivity contribution in [3.8, 4) is 11.3 Å². The molecule has 2 saturated heterocycles. The lowest BCUT2D eigenvalue weighted by Crippen LogP contribution is -2.43. The van der Waals surface area contributed by atoms with Gasteiger partial charge in [-0.25, -0.2) is 14.4 Å². The van der Waals surface area contributed by atoms with Crippen molar-refractivity contribution in [1.82, 2.24) is 24.7 Å². The van der Waals surface area contributed by atoms with E-state index in [4.69, 9.17) is 4.98 Å². The number of nitrogens with one attached hydrogen (secondary N) is 2. The highest BCUT2D eigenvalue weighted by Crippen LogP contribution is 2.33. The largest absolute Gasteiger partial charge is 0.359 e. The summed E-state index contributed by atoms with van der Waals surface area (Å²) in [5, 5.41) is 8.25. The number of halogens is 1. The van der Waals surface area contributed by atoms with Gasteiger partial charge in [0.2, 0.25) is 0 Å². The third-order valence-corrected chi connectivity index (χ3v) is 6.95. The predicted octanol–water partition coefficient (Wildman–Crippen LogP) is 4.15. The molecule has 6 rings (SSSR count). The van der Waals surface area contributed by atoms with Gasteiger partial charge in [-0.15, -0.1) is 0 Å². The van der Waals surface area contributed by atoms with Gasteiger partial charge >= 0.3 is 0 Å². The summed E-state index contributed by atoms with van der Waals surface area (Å²) in [5.41, 5.74) is 3.46. The van der Waals surface area contributed by atoms with Crippen LogP contribution in [0.1, 0.15) is 31.4 Å². The van der Waals surface area contributed by atoms with Crippen LogP contribution in [-0.2, 0) is 0 Å². The third-order valence-electron chi connectivity index (χ3n) is 6.00. The highest BCUT2D eigenvalue weighted by atomic mass is 32.1. The van der Waals surface area contributed by atoms with Gasteiger partial charge in [-0.3, -0.25) is 4.98 Å². The molecule has 0 spiro atoms. The van der Waals surface area contributed by atoms with E-state index in [0.717, 1.165) is 45.1 Å². The maximum Gasteiger partial charge on any atom is 0.184 e. The number of imidazole rings is 1. The molecule has 3 atom stereocenters. The molecular weight excluding hydrogens is 387 g/mol. The van der Waals surface area contributed by atoms with Gasteiger partial charge in [-0.2, -0.15) is 0 Å². The van der Waals surface area contributed by atoms with E-state index in [-0.39, 0.29) is 5.82 Å². The molecule has 2 N–H and O–H groups in total. The number of anilines is 1. The van der Waals surface area contributed by atoms with E-state index in [2.05, 4.69) is 20.6 Å². The summed E-state index contributed by atoms with van der Waals surface area (Å²) in [5.74, 6) is -0.343. The van der Waals surface area contributed by atoms with Crippen molar-refractivity contribution in [2.45, 2.75) is 50.7 Å². The van der Waals surface area contributed by atoms with Gasteiger partial charge in [-0.1, -0.05) is 11.3 Å². The van der Waals surface area contributed by atoms with E-state index in [9.17, 15) is 4.39 Å². The van der Waals surface area contributed by atoms with E-state index in [1.165, 1.54) is 18.9 Å². The van der Waals surface area contributed by atoms with E-state index in [1.54, 1.807) is 21.9 Å². The van der Waals surface area contributed by atoms with Gasteiger partial charge in [0.25, 0.3) is 0 Å². The Bertz CT molecular complexity index is 1220. The molecule has 29 heavy (non-hydrogen) atoms. The second-order valence-electron chi connectivity index (χ2n) is 8.20. The topological polar surface area (TPSA) is 67.1 Å². The molecule has 0 unspecified atom stereocenters. The lowest BCUT2D eigenvalue weighted by molar-refractivity contribution is 0.378. The van der Waals surface area contributed by atoms with Crippen LogP contribution >= 0.6 is 11.3 Å². The van der Waals surface area contributed by atoms with Crippen LogP contribution in [-0.4, -0.2) is 37.5 Å². The van der Waals surface area contributed by atoms with Crippen LogP contribution in [0.15, 0.2) is 30.7 Å². The maximum atomic E-state index is 14.5. The maximum absolute atomic E-state index is 14.5. The van der Waals surface area contributed by atoms with Crippen molar-refractivity contribution in [1.29, 1.82) is 0 Å². The fourth-order valence-corrected chi connectivity index (χ4v) is 5.67. The Labute approximate surface area is 171 Å². The van der Waals surface area contributed by atoms with Gasteiger partial charge < -0.3 is 15.0 Å². The van der Waals surface area contributed by atoms with Crippen LogP contribution in [0.3, 0.4) is 0 Å². The number of hydrogen-bond donors (Lipinski definition) is 2. The van der Waals surface area contributed by atoms with Gasteiger partial charge in [-0.05, 0) is 44.7 Å². The molecule has 0 aliphatic carbocycles. The zero-order valence-corrected chi connectivity index (χ0v) is 16.8. The van der Waals surface area contributed by atoms with Crippen LogP contribution < -0.4 is 10.6 Å². The van der Waals surface area contributed by atoms with Gasteiger partial charge in [0.05, 0.1) is 22.3 Å². The molecule has 2 aliphatic rings. The van der Waals surface area contributed by atoms with Crippen LogP contribution in [0.25, 0.3) is 27.1 Å². The first kappa shape index (κ1) is 17.3. The minimum absolute atomic E-state index is 0.340. The standard InChI is InChI=1S/C21H21FN6S/c1-11-9-28-10-12(4-16(22)20(28)24-11)17-7-19-18(8-23-17)27-21(29-19)26-15-5-13-2-3-14(6-15)25-13/h4,7-10,13-15,25H,2-3,5-6H2,1H3,(H,26,27)/t13-,14+,15-. The molecule has 148 valence electrons. The van der Waals surface area contributed by atoms with Crippen molar-refractivity contribution in [3.05, 3.63) is 42.2 Å². The minimum atomic E-state index is -0.343. The number of pyridine rings is 2. The van der Waals surface area contributed by atoms with E-state index < -0.39 is 0 Å². The van der Waals surface area contributed by atoms with Gasteiger partial charge in [0.15, 0.2) is 16.6 Å². The summed E-state index contributed by atoms with van der Waals surface area (Å²) < 4.78 is 17.2. The first-order valence-electron chi connectivity index (χ1n) is 10.0. The highest BCUT2D eigenvalue weighted by molar-refractivity contribution is 7.22. The summed E-state index contributed by atoms with van der Waals surface area (Å²) in [4.78, 5) is 13.5. The zero-order chi connectivity index (χ0) is 19.5. The van der Waals surface area contributed by atoms with E-state index in [1.807, 2.05) is 25.4 Å². The smallest absolute Gasteiger partial charge is 0.184 e. The summed E-state index contributed by atoms with van der Waals surface area (Å²) in [7, 11) is 0. The molecule has 6 heterocycles. The lowest BCUT2D eigenvalue weighted by atomic mass is 10.0. The number of hydrogen-bond acceptors (Lipinski definition) is 6. The fraction of sp³-hybridized carbons (Fsp3) is 0.381. The molecule has 4 aromatic heterocycles. The SMILES string of the molecule is Cc1cn2cc(-c3cc4sc(N[C@@H]5C[C@H]6CC[C@@H](C5)N6)nc4cn3)cc(F)c2n1. The monoisotopic (exact) mass is 408 g/mol. The molecule has 6 nitrogen and oxygen atoms in total. The van der Waals surface area contributed by atoms with Crippen LogP contribution in [0.4, 0.5) is 9.52 Å². The Morgan fingerprint density at radius 3 is 2.83 bits per heavy atom. The third kappa shape index (κ3) is 3.07. The van der Waals surface area contributed by atoms with Crippen molar-refractivity contribution < 1.29 is 4.39 Å². The number of piperidine rings is 1. The average molecular weight is 409 g/mol. The Morgan fingerprint density at radius 2 is 2.00 bits per heavy atom. The minimum Gasteiger partial charge on any atom is -0.359 e. The molecule has 0 amide bonds. The van der Waals surface area contributed by atoms with E-state index >= 15 is 0 Å². The molecule has 2 bridgehead atoms.